The van der Waals surface area contributed by atoms with Crippen LogP contribution in [-0.4, -0.2) is 42.4 Å². The summed E-state index contributed by atoms with van der Waals surface area (Å²) < 4.78 is 0. The summed E-state index contributed by atoms with van der Waals surface area (Å²) in [5, 5.41) is 6.36. The molecule has 1 atom stereocenters. The van der Waals surface area contributed by atoms with Crippen LogP contribution in [0.25, 0.3) is 0 Å². The van der Waals surface area contributed by atoms with Crippen LogP contribution >= 0.6 is 0 Å². The standard InChI is InChI=1S/C27H37N3O2/c1-20(2)21(3)28-27(32)24-14-17-30(18-15-24)19-16-25(31)29-26(22-10-6-4-7-11-22)23-12-8-5-9-13-23/h4-13,20-21,24,26H,14-19H2,1-3H3,(H,28,32)(H,29,31). The molecule has 172 valence electrons. The number of piperidine rings is 1. The number of nitrogens with one attached hydrogen (secondary N) is 2. The van der Waals surface area contributed by atoms with Crippen LogP contribution in [-0.2, 0) is 9.59 Å². The summed E-state index contributed by atoms with van der Waals surface area (Å²) in [5.74, 6) is 0.750. The van der Waals surface area contributed by atoms with Gasteiger partial charge in [0.2, 0.25) is 11.8 Å². The van der Waals surface area contributed by atoms with Crippen LogP contribution in [0.15, 0.2) is 60.7 Å². The minimum atomic E-state index is -0.151. The first-order chi connectivity index (χ1) is 15.4. The zero-order chi connectivity index (χ0) is 22.9. The lowest BCUT2D eigenvalue weighted by atomic mass is 9.94. The third-order valence-electron chi connectivity index (χ3n) is 6.55. The summed E-state index contributed by atoms with van der Waals surface area (Å²) in [4.78, 5) is 27.6. The molecule has 1 aliphatic heterocycles. The van der Waals surface area contributed by atoms with Crippen molar-refractivity contribution in [2.75, 3.05) is 19.6 Å². The summed E-state index contributed by atoms with van der Waals surface area (Å²) in [7, 11) is 0. The highest BCUT2D eigenvalue weighted by atomic mass is 16.2. The second-order valence-electron chi connectivity index (χ2n) is 9.23. The summed E-state index contributed by atoms with van der Waals surface area (Å²) in [6.07, 6.45) is 2.17. The maximum Gasteiger partial charge on any atom is 0.223 e. The molecule has 0 aromatic heterocycles. The van der Waals surface area contributed by atoms with E-state index in [1.54, 1.807) is 0 Å². The van der Waals surface area contributed by atoms with Crippen molar-refractivity contribution in [3.63, 3.8) is 0 Å². The van der Waals surface area contributed by atoms with Gasteiger partial charge in [0.1, 0.15) is 0 Å². The highest BCUT2D eigenvalue weighted by Gasteiger charge is 2.26. The smallest absolute Gasteiger partial charge is 0.223 e. The van der Waals surface area contributed by atoms with E-state index in [-0.39, 0.29) is 29.8 Å². The molecule has 1 saturated heterocycles. The Kier molecular flexibility index (Phi) is 8.86. The van der Waals surface area contributed by atoms with Crippen molar-refractivity contribution in [3.05, 3.63) is 71.8 Å². The topological polar surface area (TPSA) is 61.4 Å². The van der Waals surface area contributed by atoms with Crippen molar-refractivity contribution in [2.24, 2.45) is 11.8 Å². The van der Waals surface area contributed by atoms with Crippen LogP contribution in [0.5, 0.6) is 0 Å². The van der Waals surface area contributed by atoms with Crippen LogP contribution in [0.4, 0.5) is 0 Å². The number of likely N-dealkylation sites (tertiary alicyclic amines) is 1. The van der Waals surface area contributed by atoms with Gasteiger partial charge in [-0.3, -0.25) is 9.59 Å². The van der Waals surface area contributed by atoms with Crippen LogP contribution in [0.3, 0.4) is 0 Å². The van der Waals surface area contributed by atoms with E-state index in [2.05, 4.69) is 36.3 Å². The maximum absolute atomic E-state index is 12.8. The number of nitrogens with zero attached hydrogens (tertiary/aromatic N) is 1. The van der Waals surface area contributed by atoms with Gasteiger partial charge >= 0.3 is 0 Å². The van der Waals surface area contributed by atoms with E-state index >= 15 is 0 Å². The zero-order valence-corrected chi connectivity index (χ0v) is 19.6. The third-order valence-corrected chi connectivity index (χ3v) is 6.55. The van der Waals surface area contributed by atoms with E-state index in [0.717, 1.165) is 43.6 Å². The SMILES string of the molecule is CC(C)C(C)NC(=O)C1CCN(CCC(=O)NC(c2ccccc2)c2ccccc2)CC1. The fourth-order valence-corrected chi connectivity index (χ4v) is 4.07. The van der Waals surface area contributed by atoms with Gasteiger partial charge in [0.15, 0.2) is 0 Å². The van der Waals surface area contributed by atoms with Crippen molar-refractivity contribution in [1.29, 1.82) is 0 Å². The first-order valence-corrected chi connectivity index (χ1v) is 11.9. The molecule has 1 fully saturated rings. The Labute approximate surface area is 192 Å². The van der Waals surface area contributed by atoms with Gasteiger partial charge in [-0.2, -0.15) is 0 Å². The van der Waals surface area contributed by atoms with Crippen molar-refractivity contribution < 1.29 is 9.59 Å². The van der Waals surface area contributed by atoms with Crippen LogP contribution in [0.2, 0.25) is 0 Å². The number of amides is 2. The summed E-state index contributed by atoms with van der Waals surface area (Å²) >= 11 is 0. The molecule has 1 aliphatic rings. The predicted molar refractivity (Wildman–Crippen MR) is 129 cm³/mol. The second kappa shape index (κ2) is 11.8. The average molecular weight is 436 g/mol. The van der Waals surface area contributed by atoms with Gasteiger partial charge in [-0.05, 0) is 49.9 Å². The van der Waals surface area contributed by atoms with E-state index in [9.17, 15) is 9.59 Å². The van der Waals surface area contributed by atoms with E-state index in [1.807, 2.05) is 60.7 Å². The van der Waals surface area contributed by atoms with Gasteiger partial charge in [0.25, 0.3) is 0 Å². The molecular weight excluding hydrogens is 398 g/mol. The molecule has 3 rings (SSSR count). The number of carbonyl (C=O) groups excluding carboxylic acids is 2. The fourth-order valence-electron chi connectivity index (χ4n) is 4.07. The Morgan fingerprint density at radius 2 is 1.41 bits per heavy atom. The Balaban J connectivity index is 1.48. The van der Waals surface area contributed by atoms with Gasteiger partial charge in [0.05, 0.1) is 6.04 Å². The molecule has 2 aromatic rings. The minimum absolute atomic E-state index is 0.0494. The molecule has 0 aliphatic carbocycles. The average Bonchev–Trinajstić information content (AvgIpc) is 2.82. The summed E-state index contributed by atoms with van der Waals surface area (Å²) in [6.45, 7) is 8.76. The third kappa shape index (κ3) is 6.92. The van der Waals surface area contributed by atoms with Crippen LogP contribution in [0, 0.1) is 11.8 Å². The van der Waals surface area contributed by atoms with E-state index in [4.69, 9.17) is 0 Å². The number of hydrogen-bond acceptors (Lipinski definition) is 3. The molecule has 2 N–H and O–H groups in total. The largest absolute Gasteiger partial charge is 0.353 e. The van der Waals surface area contributed by atoms with Gasteiger partial charge in [-0.15, -0.1) is 0 Å². The fraction of sp³-hybridized carbons (Fsp3) is 0.481. The molecule has 0 radical (unpaired) electrons. The number of rotatable bonds is 9. The van der Waals surface area contributed by atoms with Gasteiger partial charge in [-0.1, -0.05) is 74.5 Å². The van der Waals surface area contributed by atoms with Crippen LogP contribution in [0.1, 0.15) is 57.2 Å². The lowest BCUT2D eigenvalue weighted by Crippen LogP contribution is -2.45. The predicted octanol–water partition coefficient (Wildman–Crippen LogP) is 4.16. The molecule has 5 nitrogen and oxygen atoms in total. The highest BCUT2D eigenvalue weighted by molar-refractivity contribution is 5.79. The second-order valence-corrected chi connectivity index (χ2v) is 9.23. The molecule has 32 heavy (non-hydrogen) atoms. The summed E-state index contributed by atoms with van der Waals surface area (Å²) in [5.41, 5.74) is 2.16. The molecule has 0 bridgehead atoms. The monoisotopic (exact) mass is 435 g/mol. The molecule has 2 amide bonds. The van der Waals surface area contributed by atoms with Crippen molar-refractivity contribution in [1.82, 2.24) is 15.5 Å². The molecule has 1 heterocycles. The molecule has 5 heteroatoms. The molecular formula is C27H37N3O2. The zero-order valence-electron chi connectivity index (χ0n) is 19.6. The number of carbonyl (C=O) groups is 2. The lowest BCUT2D eigenvalue weighted by molar-refractivity contribution is -0.128. The Morgan fingerprint density at radius 1 is 0.875 bits per heavy atom. The Hall–Kier alpha value is -2.66. The number of hydrogen-bond donors (Lipinski definition) is 2. The van der Waals surface area contributed by atoms with Crippen LogP contribution < -0.4 is 10.6 Å². The molecule has 1 unspecified atom stereocenters. The molecule has 0 spiro atoms. The van der Waals surface area contributed by atoms with Gasteiger partial charge < -0.3 is 15.5 Å². The lowest BCUT2D eigenvalue weighted by Gasteiger charge is -2.32. The number of benzene rings is 2. The Bertz CT molecular complexity index is 806. The molecule has 0 saturated carbocycles. The van der Waals surface area contributed by atoms with Crippen molar-refractivity contribution in [2.45, 2.75) is 52.1 Å². The first-order valence-electron chi connectivity index (χ1n) is 11.9. The normalized spacial score (nSPS) is 16.2. The highest BCUT2D eigenvalue weighted by Crippen LogP contribution is 2.22. The van der Waals surface area contributed by atoms with Crippen molar-refractivity contribution in [3.8, 4) is 0 Å². The van der Waals surface area contributed by atoms with Gasteiger partial charge in [0, 0.05) is 24.9 Å². The quantitative estimate of drug-likeness (QED) is 0.622. The van der Waals surface area contributed by atoms with Crippen molar-refractivity contribution >= 4 is 11.8 Å². The first kappa shape index (κ1) is 24.0. The minimum Gasteiger partial charge on any atom is -0.353 e. The van der Waals surface area contributed by atoms with Gasteiger partial charge in [-0.25, -0.2) is 0 Å². The Morgan fingerprint density at radius 3 is 1.91 bits per heavy atom. The van der Waals surface area contributed by atoms with E-state index < -0.39 is 0 Å². The maximum atomic E-state index is 12.8. The summed E-state index contributed by atoms with van der Waals surface area (Å²) in [6, 6.07) is 20.2. The van der Waals surface area contributed by atoms with E-state index in [0.29, 0.717) is 12.3 Å². The van der Waals surface area contributed by atoms with E-state index in [1.165, 1.54) is 0 Å². The molecule has 2 aromatic carbocycles.